The molecule has 0 radical (unpaired) electrons. The van der Waals surface area contributed by atoms with Gasteiger partial charge >= 0.3 is 6.18 Å². The Morgan fingerprint density at radius 1 is 1.09 bits per heavy atom. The van der Waals surface area contributed by atoms with E-state index in [1.165, 1.54) is 12.1 Å². The number of amides is 1. The van der Waals surface area contributed by atoms with Crippen LogP contribution in [0, 0.1) is 0 Å². The van der Waals surface area contributed by atoms with Crippen molar-refractivity contribution in [2.75, 3.05) is 12.1 Å². The van der Waals surface area contributed by atoms with Crippen molar-refractivity contribution in [3.8, 4) is 11.5 Å². The molecule has 0 saturated heterocycles. The first-order valence-corrected chi connectivity index (χ1v) is 6.77. The minimum Gasteiger partial charge on any atom is -0.454 e. The maximum atomic E-state index is 12.7. The van der Waals surface area contributed by atoms with E-state index in [1.807, 2.05) is 0 Å². The first-order chi connectivity index (χ1) is 10.9. The number of nitrogens with one attached hydrogen (secondary N) is 1. The predicted octanol–water partition coefficient (Wildman–Crippen LogP) is 3.62. The molecule has 1 aliphatic rings. The molecule has 7 heteroatoms. The van der Waals surface area contributed by atoms with Gasteiger partial charge in [0.15, 0.2) is 11.5 Å². The van der Waals surface area contributed by atoms with Crippen LogP contribution in [0.4, 0.5) is 18.9 Å². The number of anilines is 1. The van der Waals surface area contributed by atoms with Crippen LogP contribution in [0.15, 0.2) is 42.5 Å². The van der Waals surface area contributed by atoms with E-state index in [-0.39, 0.29) is 18.8 Å². The Morgan fingerprint density at radius 2 is 1.87 bits per heavy atom. The van der Waals surface area contributed by atoms with Gasteiger partial charge in [-0.3, -0.25) is 4.79 Å². The van der Waals surface area contributed by atoms with Gasteiger partial charge in [-0.25, -0.2) is 0 Å². The van der Waals surface area contributed by atoms with E-state index in [0.717, 1.165) is 12.1 Å². The second kappa shape index (κ2) is 5.83. The van der Waals surface area contributed by atoms with Crippen molar-refractivity contribution in [1.82, 2.24) is 0 Å². The largest absolute Gasteiger partial charge is 0.454 e. The lowest BCUT2D eigenvalue weighted by Gasteiger charge is -2.09. The zero-order valence-electron chi connectivity index (χ0n) is 11.8. The molecule has 0 atom stereocenters. The Labute approximate surface area is 129 Å². The smallest absolute Gasteiger partial charge is 0.416 e. The standard InChI is InChI=1S/C16H12F3NO3/c17-16(18,19)11-3-1-2-10(6-11)7-15(21)20-12-4-5-13-14(8-12)23-9-22-13/h1-6,8H,7,9H2,(H,20,21). The molecule has 0 fully saturated rings. The summed E-state index contributed by atoms with van der Waals surface area (Å²) in [6, 6.07) is 9.60. The number of carbonyl (C=O) groups excluding carboxylic acids is 1. The number of ether oxygens (including phenoxy) is 2. The molecule has 0 saturated carbocycles. The highest BCUT2D eigenvalue weighted by Gasteiger charge is 2.30. The van der Waals surface area contributed by atoms with Gasteiger partial charge in [0.2, 0.25) is 12.7 Å². The highest BCUT2D eigenvalue weighted by Crippen LogP contribution is 2.34. The van der Waals surface area contributed by atoms with Crippen LogP contribution in [0.3, 0.4) is 0 Å². The van der Waals surface area contributed by atoms with E-state index in [2.05, 4.69) is 5.32 Å². The number of hydrogen-bond donors (Lipinski definition) is 1. The zero-order valence-corrected chi connectivity index (χ0v) is 11.8. The third-order valence-corrected chi connectivity index (χ3v) is 3.28. The SMILES string of the molecule is O=C(Cc1cccc(C(F)(F)F)c1)Nc1ccc2c(c1)OCO2. The van der Waals surface area contributed by atoms with Crippen LogP contribution in [0.1, 0.15) is 11.1 Å². The number of benzene rings is 2. The second-order valence-electron chi connectivity index (χ2n) is 4.99. The number of carbonyl (C=O) groups is 1. The monoisotopic (exact) mass is 323 g/mol. The van der Waals surface area contributed by atoms with E-state index < -0.39 is 17.6 Å². The minimum atomic E-state index is -4.43. The van der Waals surface area contributed by atoms with E-state index in [4.69, 9.17) is 9.47 Å². The van der Waals surface area contributed by atoms with Gasteiger partial charge in [0.05, 0.1) is 12.0 Å². The lowest BCUT2D eigenvalue weighted by molar-refractivity contribution is -0.137. The fraction of sp³-hybridized carbons (Fsp3) is 0.188. The molecule has 2 aromatic carbocycles. The van der Waals surface area contributed by atoms with Crippen molar-refractivity contribution in [2.24, 2.45) is 0 Å². The number of hydrogen-bond acceptors (Lipinski definition) is 3. The summed E-state index contributed by atoms with van der Waals surface area (Å²) >= 11 is 0. The van der Waals surface area contributed by atoms with Crippen molar-refractivity contribution >= 4 is 11.6 Å². The van der Waals surface area contributed by atoms with E-state index in [9.17, 15) is 18.0 Å². The molecule has 3 rings (SSSR count). The molecule has 0 unspecified atom stereocenters. The minimum absolute atomic E-state index is 0.122. The van der Waals surface area contributed by atoms with Gasteiger partial charge in [0.25, 0.3) is 0 Å². The zero-order chi connectivity index (χ0) is 16.4. The summed E-state index contributed by atoms with van der Waals surface area (Å²) in [5.41, 5.74) is 0.00942. The summed E-state index contributed by atoms with van der Waals surface area (Å²) in [5.74, 6) is 0.686. The Morgan fingerprint density at radius 3 is 2.65 bits per heavy atom. The van der Waals surface area contributed by atoms with Crippen molar-refractivity contribution in [3.63, 3.8) is 0 Å². The summed E-state index contributed by atoms with van der Waals surface area (Å²) in [7, 11) is 0. The molecular formula is C16H12F3NO3. The highest BCUT2D eigenvalue weighted by atomic mass is 19.4. The van der Waals surface area contributed by atoms with Crippen molar-refractivity contribution in [3.05, 3.63) is 53.6 Å². The van der Waals surface area contributed by atoms with Crippen LogP contribution in [0.25, 0.3) is 0 Å². The molecule has 0 spiro atoms. The van der Waals surface area contributed by atoms with E-state index in [0.29, 0.717) is 17.2 Å². The van der Waals surface area contributed by atoms with Gasteiger partial charge in [-0.15, -0.1) is 0 Å². The van der Waals surface area contributed by atoms with E-state index in [1.54, 1.807) is 18.2 Å². The highest BCUT2D eigenvalue weighted by molar-refractivity contribution is 5.92. The summed E-state index contributed by atoms with van der Waals surface area (Å²) in [6.07, 6.45) is -4.58. The predicted molar refractivity (Wildman–Crippen MR) is 76.3 cm³/mol. The molecular weight excluding hydrogens is 311 g/mol. The normalized spacial score (nSPS) is 13.0. The van der Waals surface area contributed by atoms with Crippen LogP contribution in [-0.4, -0.2) is 12.7 Å². The first-order valence-electron chi connectivity index (χ1n) is 6.77. The Bertz CT molecular complexity index is 744. The molecule has 23 heavy (non-hydrogen) atoms. The summed E-state index contributed by atoms with van der Waals surface area (Å²) in [5, 5.41) is 2.62. The first kappa shape index (κ1) is 15.2. The van der Waals surface area contributed by atoms with Crippen LogP contribution < -0.4 is 14.8 Å². The average molecular weight is 323 g/mol. The number of rotatable bonds is 3. The maximum Gasteiger partial charge on any atom is 0.416 e. The molecule has 0 aromatic heterocycles. The second-order valence-corrected chi connectivity index (χ2v) is 4.99. The summed E-state index contributed by atoms with van der Waals surface area (Å²) < 4.78 is 48.3. The molecule has 1 heterocycles. The van der Waals surface area contributed by atoms with Gasteiger partial charge in [-0.05, 0) is 23.8 Å². The topological polar surface area (TPSA) is 47.6 Å². The molecule has 1 aliphatic heterocycles. The van der Waals surface area contributed by atoms with Gasteiger partial charge in [-0.2, -0.15) is 13.2 Å². The van der Waals surface area contributed by atoms with Crippen LogP contribution in [-0.2, 0) is 17.4 Å². The Balaban J connectivity index is 1.68. The van der Waals surface area contributed by atoms with Crippen LogP contribution in [0.2, 0.25) is 0 Å². The number of halogens is 3. The van der Waals surface area contributed by atoms with E-state index >= 15 is 0 Å². The lowest BCUT2D eigenvalue weighted by Crippen LogP contribution is -2.15. The van der Waals surface area contributed by atoms with Gasteiger partial charge < -0.3 is 14.8 Å². The average Bonchev–Trinajstić information content (AvgIpc) is 2.94. The number of fused-ring (bicyclic) bond motifs is 1. The van der Waals surface area contributed by atoms with Crippen LogP contribution in [0.5, 0.6) is 11.5 Å². The van der Waals surface area contributed by atoms with Crippen molar-refractivity contribution in [1.29, 1.82) is 0 Å². The Kier molecular flexibility index (Phi) is 3.85. The maximum absolute atomic E-state index is 12.7. The van der Waals surface area contributed by atoms with Gasteiger partial charge in [-0.1, -0.05) is 18.2 Å². The molecule has 1 N–H and O–H groups in total. The van der Waals surface area contributed by atoms with Crippen LogP contribution >= 0.6 is 0 Å². The van der Waals surface area contributed by atoms with Gasteiger partial charge in [0, 0.05) is 11.8 Å². The lowest BCUT2D eigenvalue weighted by atomic mass is 10.1. The molecule has 4 nitrogen and oxygen atoms in total. The third kappa shape index (κ3) is 3.56. The number of alkyl halides is 3. The summed E-state index contributed by atoms with van der Waals surface area (Å²) in [4.78, 5) is 12.0. The molecule has 0 bridgehead atoms. The molecule has 120 valence electrons. The summed E-state index contributed by atoms with van der Waals surface area (Å²) in [6.45, 7) is 0.122. The fourth-order valence-corrected chi connectivity index (χ4v) is 2.22. The quantitative estimate of drug-likeness (QED) is 0.938. The third-order valence-electron chi connectivity index (χ3n) is 3.28. The molecule has 1 amide bonds. The van der Waals surface area contributed by atoms with Crippen molar-refractivity contribution < 1.29 is 27.4 Å². The van der Waals surface area contributed by atoms with Gasteiger partial charge in [0.1, 0.15) is 0 Å². The van der Waals surface area contributed by atoms with Crippen molar-refractivity contribution in [2.45, 2.75) is 12.6 Å². The Hall–Kier alpha value is -2.70. The fourth-order valence-electron chi connectivity index (χ4n) is 2.22. The molecule has 0 aliphatic carbocycles. The molecule has 2 aromatic rings.